The highest BCUT2D eigenvalue weighted by Gasteiger charge is 2.19. The second-order valence-corrected chi connectivity index (χ2v) is 7.83. The van der Waals surface area contributed by atoms with Gasteiger partial charge in [0.25, 0.3) is 0 Å². The number of methoxy groups -OCH3 is 1. The van der Waals surface area contributed by atoms with Crippen molar-refractivity contribution >= 4 is 16.3 Å². The normalized spacial score (nSPS) is 12.9. The van der Waals surface area contributed by atoms with Gasteiger partial charge in [-0.3, -0.25) is 5.10 Å². The molecule has 5 aromatic rings. The van der Waals surface area contributed by atoms with E-state index in [1.165, 1.54) is 11.3 Å². The van der Waals surface area contributed by atoms with Crippen LogP contribution in [-0.2, 0) is 0 Å². The van der Waals surface area contributed by atoms with Gasteiger partial charge in [-0.25, -0.2) is 0 Å². The molecule has 0 atom stereocenters. The van der Waals surface area contributed by atoms with E-state index in [1.807, 2.05) is 48.5 Å². The molecule has 4 heterocycles. The molecule has 9 nitrogen and oxygen atoms in total. The minimum Gasteiger partial charge on any atom is -0.497 e. The van der Waals surface area contributed by atoms with E-state index in [0.717, 1.165) is 44.8 Å². The molecule has 2 aromatic carbocycles. The molecule has 6 rings (SSSR count). The number of rotatable bonds is 4. The van der Waals surface area contributed by atoms with Crippen LogP contribution >= 0.6 is 11.3 Å². The first-order chi connectivity index (χ1) is 15.3. The maximum absolute atomic E-state index is 5.69. The molecule has 0 fully saturated rings. The van der Waals surface area contributed by atoms with Crippen LogP contribution in [0.3, 0.4) is 0 Å². The van der Waals surface area contributed by atoms with E-state index in [0.29, 0.717) is 24.0 Å². The number of nitrogens with zero attached hydrogens (tertiary/aromatic N) is 5. The molecule has 10 heteroatoms. The quantitative estimate of drug-likeness (QED) is 0.462. The average Bonchev–Trinajstić information content (AvgIpc) is 3.55. The molecule has 0 saturated carbocycles. The van der Waals surface area contributed by atoms with Crippen molar-refractivity contribution in [2.45, 2.75) is 0 Å². The van der Waals surface area contributed by atoms with E-state index in [2.05, 4.69) is 20.4 Å². The van der Waals surface area contributed by atoms with Crippen molar-refractivity contribution in [2.75, 3.05) is 20.3 Å². The van der Waals surface area contributed by atoms with E-state index in [-0.39, 0.29) is 0 Å². The summed E-state index contributed by atoms with van der Waals surface area (Å²) in [6.45, 7) is 1.11. The van der Waals surface area contributed by atoms with Crippen molar-refractivity contribution in [3.8, 4) is 50.6 Å². The Morgan fingerprint density at radius 1 is 0.968 bits per heavy atom. The second kappa shape index (κ2) is 7.10. The summed E-state index contributed by atoms with van der Waals surface area (Å²) < 4.78 is 18.2. The third kappa shape index (κ3) is 3.08. The molecular formula is C21H16N6O3S. The molecule has 1 aliphatic heterocycles. The van der Waals surface area contributed by atoms with Crippen LogP contribution in [0, 0.1) is 0 Å². The molecule has 0 radical (unpaired) electrons. The largest absolute Gasteiger partial charge is 0.497 e. The molecule has 0 spiro atoms. The Hall–Kier alpha value is -3.92. The van der Waals surface area contributed by atoms with E-state index in [9.17, 15) is 0 Å². The summed E-state index contributed by atoms with van der Waals surface area (Å²) in [5.74, 6) is 2.88. The first kappa shape index (κ1) is 17.9. The summed E-state index contributed by atoms with van der Waals surface area (Å²) in [7, 11) is 1.64. The highest BCUT2D eigenvalue weighted by Crippen LogP contribution is 2.36. The van der Waals surface area contributed by atoms with Gasteiger partial charge in [0.15, 0.2) is 11.5 Å². The van der Waals surface area contributed by atoms with Crippen LogP contribution < -0.4 is 14.2 Å². The molecule has 154 valence electrons. The Labute approximate surface area is 180 Å². The summed E-state index contributed by atoms with van der Waals surface area (Å²) >= 11 is 1.46. The van der Waals surface area contributed by atoms with Gasteiger partial charge in [-0.2, -0.15) is 14.7 Å². The lowest BCUT2D eigenvalue weighted by Gasteiger charge is -2.18. The monoisotopic (exact) mass is 432 g/mol. The van der Waals surface area contributed by atoms with Crippen molar-refractivity contribution in [3.05, 3.63) is 48.5 Å². The van der Waals surface area contributed by atoms with Crippen LogP contribution in [0.4, 0.5) is 0 Å². The van der Waals surface area contributed by atoms with Crippen LogP contribution in [0.2, 0.25) is 0 Å². The van der Waals surface area contributed by atoms with Crippen molar-refractivity contribution in [2.24, 2.45) is 0 Å². The molecule has 0 amide bonds. The van der Waals surface area contributed by atoms with E-state index < -0.39 is 0 Å². The minimum absolute atomic E-state index is 0.544. The third-order valence-corrected chi connectivity index (χ3v) is 5.93. The predicted octanol–water partition coefficient (Wildman–Crippen LogP) is 3.69. The number of hydrogen-bond acceptors (Lipinski definition) is 8. The van der Waals surface area contributed by atoms with Crippen LogP contribution in [-0.4, -0.2) is 50.3 Å². The zero-order valence-electron chi connectivity index (χ0n) is 16.4. The Morgan fingerprint density at radius 3 is 2.61 bits per heavy atom. The number of nitrogens with one attached hydrogen (secondary N) is 1. The molecule has 1 N–H and O–H groups in total. The van der Waals surface area contributed by atoms with Crippen LogP contribution in [0.15, 0.2) is 48.5 Å². The lowest BCUT2D eigenvalue weighted by molar-refractivity contribution is 0.171. The van der Waals surface area contributed by atoms with Crippen molar-refractivity contribution in [1.29, 1.82) is 0 Å². The van der Waals surface area contributed by atoms with Gasteiger partial charge in [0.05, 0.1) is 12.8 Å². The molecule has 0 saturated heterocycles. The Morgan fingerprint density at radius 2 is 1.77 bits per heavy atom. The maximum Gasteiger partial charge on any atom is 0.235 e. The van der Waals surface area contributed by atoms with Crippen LogP contribution in [0.25, 0.3) is 38.3 Å². The fourth-order valence-corrected chi connectivity index (χ4v) is 4.26. The number of aromatic nitrogens is 6. The number of aromatic amines is 1. The zero-order valence-corrected chi connectivity index (χ0v) is 17.2. The van der Waals surface area contributed by atoms with Gasteiger partial charge in [-0.05, 0) is 48.5 Å². The smallest absolute Gasteiger partial charge is 0.235 e. The second-order valence-electron chi connectivity index (χ2n) is 6.88. The number of ether oxygens (including phenoxy) is 3. The molecule has 0 unspecified atom stereocenters. The van der Waals surface area contributed by atoms with Gasteiger partial charge in [0, 0.05) is 11.1 Å². The lowest BCUT2D eigenvalue weighted by atomic mass is 10.1. The first-order valence-electron chi connectivity index (χ1n) is 9.61. The number of fused-ring (bicyclic) bond motifs is 2. The summed E-state index contributed by atoms with van der Waals surface area (Å²) in [6, 6.07) is 15.5. The summed E-state index contributed by atoms with van der Waals surface area (Å²) in [5.41, 5.74) is 3.45. The SMILES string of the molecule is COc1ccc(-c2cc(-c3nnc4sc(-c5ccc6c(c5)OCCO6)nn34)[nH]n2)cc1. The number of H-pyrrole nitrogens is 1. The Kier molecular flexibility index (Phi) is 4.10. The molecule has 0 bridgehead atoms. The van der Waals surface area contributed by atoms with Gasteiger partial charge >= 0.3 is 0 Å². The predicted molar refractivity (Wildman–Crippen MR) is 115 cm³/mol. The molecule has 31 heavy (non-hydrogen) atoms. The standard InChI is InChI=1S/C21H16N6O3S/c1-28-14-5-2-12(3-6-14)15-11-16(23-22-15)19-24-25-21-27(19)26-20(31-21)13-4-7-17-18(10-13)30-9-8-29-17/h2-7,10-11H,8-9H2,1H3,(H,22,23). The highest BCUT2D eigenvalue weighted by atomic mass is 32.1. The average molecular weight is 432 g/mol. The third-order valence-electron chi connectivity index (χ3n) is 4.98. The van der Waals surface area contributed by atoms with Crippen molar-refractivity contribution in [1.82, 2.24) is 30.0 Å². The maximum atomic E-state index is 5.69. The van der Waals surface area contributed by atoms with Gasteiger partial charge in [0.2, 0.25) is 10.8 Å². The topological polar surface area (TPSA) is 99.5 Å². The van der Waals surface area contributed by atoms with Gasteiger partial charge in [0.1, 0.15) is 29.7 Å². The molecule has 1 aliphatic rings. The Bertz CT molecular complexity index is 1390. The fraction of sp³-hybridized carbons (Fsp3) is 0.143. The molecule has 3 aromatic heterocycles. The summed E-state index contributed by atoms with van der Waals surface area (Å²) in [4.78, 5) is 0.695. The number of benzene rings is 2. The van der Waals surface area contributed by atoms with E-state index in [4.69, 9.17) is 19.3 Å². The van der Waals surface area contributed by atoms with Crippen molar-refractivity contribution < 1.29 is 14.2 Å². The molecule has 0 aliphatic carbocycles. The number of hydrogen-bond donors (Lipinski definition) is 1. The van der Waals surface area contributed by atoms with E-state index in [1.54, 1.807) is 11.6 Å². The van der Waals surface area contributed by atoms with Crippen molar-refractivity contribution in [3.63, 3.8) is 0 Å². The van der Waals surface area contributed by atoms with Gasteiger partial charge in [-0.1, -0.05) is 11.3 Å². The van der Waals surface area contributed by atoms with Crippen LogP contribution in [0.5, 0.6) is 17.2 Å². The fourth-order valence-electron chi connectivity index (χ4n) is 3.42. The van der Waals surface area contributed by atoms with Gasteiger partial charge < -0.3 is 14.2 Å². The Balaban J connectivity index is 1.34. The highest BCUT2D eigenvalue weighted by molar-refractivity contribution is 7.19. The summed E-state index contributed by atoms with van der Waals surface area (Å²) in [6.07, 6.45) is 0. The minimum atomic E-state index is 0.544. The van der Waals surface area contributed by atoms with E-state index >= 15 is 0 Å². The summed E-state index contributed by atoms with van der Waals surface area (Å²) in [5, 5.41) is 21.6. The molecular weight excluding hydrogens is 416 g/mol. The lowest BCUT2D eigenvalue weighted by Crippen LogP contribution is -2.15. The van der Waals surface area contributed by atoms with Crippen LogP contribution in [0.1, 0.15) is 0 Å². The zero-order chi connectivity index (χ0) is 20.8. The first-order valence-corrected chi connectivity index (χ1v) is 10.4. The van der Waals surface area contributed by atoms with Gasteiger partial charge in [-0.15, -0.1) is 10.2 Å².